The number of ether oxygens (including phenoxy) is 1. The Morgan fingerprint density at radius 2 is 1.95 bits per heavy atom. The predicted molar refractivity (Wildman–Crippen MR) is 82.5 cm³/mol. The third kappa shape index (κ3) is 2.99. The Balaban J connectivity index is 1.80. The number of hydrogen-bond acceptors (Lipinski definition) is 4. The molecule has 0 aromatic carbocycles. The summed E-state index contributed by atoms with van der Waals surface area (Å²) in [7, 11) is 1.69. The van der Waals surface area contributed by atoms with E-state index in [4.69, 9.17) is 4.74 Å². The summed E-state index contributed by atoms with van der Waals surface area (Å²) in [6, 6.07) is 11.3. The van der Waals surface area contributed by atoms with Crippen LogP contribution in [0.2, 0.25) is 0 Å². The van der Waals surface area contributed by atoms with Crippen molar-refractivity contribution in [3.63, 3.8) is 0 Å². The van der Waals surface area contributed by atoms with Crippen molar-refractivity contribution in [3.05, 3.63) is 60.2 Å². The molecule has 0 unspecified atom stereocenters. The van der Waals surface area contributed by atoms with Gasteiger partial charge in [-0.25, -0.2) is 0 Å². The molecule has 2 atom stereocenters. The number of hydrogen-bond donors (Lipinski definition) is 0. The van der Waals surface area contributed by atoms with Crippen molar-refractivity contribution < 1.29 is 9.53 Å². The summed E-state index contributed by atoms with van der Waals surface area (Å²) in [6.45, 7) is 1.94. The maximum atomic E-state index is 12.6. The van der Waals surface area contributed by atoms with Crippen LogP contribution in [0, 0.1) is 5.92 Å². The van der Waals surface area contributed by atoms with Crippen molar-refractivity contribution in [2.24, 2.45) is 5.92 Å². The van der Waals surface area contributed by atoms with E-state index >= 15 is 0 Å². The van der Waals surface area contributed by atoms with Gasteiger partial charge < -0.3 is 9.64 Å². The number of carbonyl (C=O) groups excluding carboxylic acids is 1. The molecule has 3 rings (SSSR count). The Labute approximate surface area is 130 Å². The van der Waals surface area contributed by atoms with E-state index in [0.29, 0.717) is 25.4 Å². The highest BCUT2D eigenvalue weighted by Crippen LogP contribution is 2.32. The van der Waals surface area contributed by atoms with Crippen LogP contribution in [0.15, 0.2) is 48.8 Å². The number of likely N-dealkylation sites (tertiary alicyclic amines) is 1. The molecule has 5 heteroatoms. The number of amides is 1. The maximum absolute atomic E-state index is 12.6. The molecular formula is C17H19N3O2. The first-order chi connectivity index (χ1) is 10.8. The van der Waals surface area contributed by atoms with Crippen LogP contribution < -0.4 is 0 Å². The molecule has 1 saturated heterocycles. The number of nitrogens with zero attached hydrogens (tertiary/aromatic N) is 3. The van der Waals surface area contributed by atoms with Gasteiger partial charge in [-0.3, -0.25) is 14.8 Å². The molecule has 1 amide bonds. The van der Waals surface area contributed by atoms with Crippen molar-refractivity contribution in [3.8, 4) is 0 Å². The molecule has 0 radical (unpaired) electrons. The zero-order valence-corrected chi connectivity index (χ0v) is 12.6. The van der Waals surface area contributed by atoms with Crippen LogP contribution in [-0.2, 0) is 4.74 Å². The first-order valence-electron chi connectivity index (χ1n) is 7.39. The van der Waals surface area contributed by atoms with Crippen LogP contribution in [0.4, 0.5) is 0 Å². The zero-order valence-electron chi connectivity index (χ0n) is 12.6. The number of aromatic nitrogens is 2. The fraction of sp³-hybridized carbons (Fsp3) is 0.353. The summed E-state index contributed by atoms with van der Waals surface area (Å²) in [5, 5.41) is 0. The fourth-order valence-corrected chi connectivity index (χ4v) is 3.00. The molecule has 0 saturated carbocycles. The van der Waals surface area contributed by atoms with Gasteiger partial charge >= 0.3 is 0 Å². The van der Waals surface area contributed by atoms with E-state index in [-0.39, 0.29) is 17.7 Å². The topological polar surface area (TPSA) is 55.3 Å². The standard InChI is InChI=1S/C17H19N3O2/c1-22-12-13-10-20(17(21)16-7-3-5-9-19-16)11-14(13)15-6-2-4-8-18-15/h2-9,13-14H,10-12H2,1H3/t13-,14+/m0/s1. The molecular weight excluding hydrogens is 278 g/mol. The second-order valence-corrected chi connectivity index (χ2v) is 5.50. The van der Waals surface area contributed by atoms with Crippen molar-refractivity contribution >= 4 is 5.91 Å². The molecule has 0 bridgehead atoms. The Bertz CT molecular complexity index is 618. The maximum Gasteiger partial charge on any atom is 0.272 e. The lowest BCUT2D eigenvalue weighted by atomic mass is 9.93. The van der Waals surface area contributed by atoms with Gasteiger partial charge in [0.1, 0.15) is 5.69 Å². The average molecular weight is 297 g/mol. The van der Waals surface area contributed by atoms with E-state index in [1.54, 1.807) is 25.6 Å². The molecule has 0 aliphatic carbocycles. The molecule has 0 N–H and O–H groups in total. The smallest absolute Gasteiger partial charge is 0.272 e. The van der Waals surface area contributed by atoms with Gasteiger partial charge in [0, 0.05) is 50.1 Å². The fourth-order valence-electron chi connectivity index (χ4n) is 3.00. The predicted octanol–water partition coefficient (Wildman–Crippen LogP) is 1.98. The van der Waals surface area contributed by atoms with Gasteiger partial charge in [-0.15, -0.1) is 0 Å². The van der Waals surface area contributed by atoms with Gasteiger partial charge in [-0.2, -0.15) is 0 Å². The van der Waals surface area contributed by atoms with Crippen molar-refractivity contribution in [2.45, 2.75) is 5.92 Å². The Hall–Kier alpha value is -2.27. The summed E-state index contributed by atoms with van der Waals surface area (Å²) in [5.74, 6) is 0.432. The van der Waals surface area contributed by atoms with E-state index < -0.39 is 0 Å². The SMILES string of the molecule is COC[C@@H]1CN(C(=O)c2ccccn2)C[C@H]1c1ccccn1. The van der Waals surface area contributed by atoms with E-state index in [1.807, 2.05) is 35.2 Å². The highest BCUT2D eigenvalue weighted by Gasteiger charge is 2.37. The molecule has 114 valence electrons. The van der Waals surface area contributed by atoms with E-state index in [9.17, 15) is 4.79 Å². The molecule has 22 heavy (non-hydrogen) atoms. The van der Waals surface area contributed by atoms with Gasteiger partial charge in [0.15, 0.2) is 0 Å². The Kier molecular flexibility index (Phi) is 4.44. The van der Waals surface area contributed by atoms with Gasteiger partial charge in [0.2, 0.25) is 0 Å². The molecule has 2 aromatic rings. The van der Waals surface area contributed by atoms with Crippen LogP contribution in [-0.4, -0.2) is 47.6 Å². The van der Waals surface area contributed by atoms with Gasteiger partial charge in [0.25, 0.3) is 5.91 Å². The monoisotopic (exact) mass is 297 g/mol. The number of pyridine rings is 2. The third-order valence-electron chi connectivity index (χ3n) is 4.06. The lowest BCUT2D eigenvalue weighted by molar-refractivity contribution is 0.0769. The Morgan fingerprint density at radius 1 is 1.18 bits per heavy atom. The van der Waals surface area contributed by atoms with Crippen LogP contribution in [0.5, 0.6) is 0 Å². The number of rotatable bonds is 4. The minimum absolute atomic E-state index is 0.0277. The zero-order chi connectivity index (χ0) is 15.4. The van der Waals surface area contributed by atoms with Crippen molar-refractivity contribution in [2.75, 3.05) is 26.8 Å². The molecule has 3 heterocycles. The minimum Gasteiger partial charge on any atom is -0.384 e. The van der Waals surface area contributed by atoms with Crippen molar-refractivity contribution in [1.82, 2.24) is 14.9 Å². The first-order valence-corrected chi connectivity index (χ1v) is 7.39. The molecule has 1 aliphatic rings. The summed E-state index contributed by atoms with van der Waals surface area (Å²) in [4.78, 5) is 23.0. The highest BCUT2D eigenvalue weighted by atomic mass is 16.5. The normalized spacial score (nSPS) is 21.0. The average Bonchev–Trinajstić information content (AvgIpc) is 3.00. The number of methoxy groups -OCH3 is 1. The molecule has 0 spiro atoms. The third-order valence-corrected chi connectivity index (χ3v) is 4.06. The lowest BCUT2D eigenvalue weighted by Gasteiger charge is -2.16. The Morgan fingerprint density at radius 3 is 2.59 bits per heavy atom. The molecule has 1 fully saturated rings. The second-order valence-electron chi connectivity index (χ2n) is 5.50. The highest BCUT2D eigenvalue weighted by molar-refractivity contribution is 5.92. The molecule has 5 nitrogen and oxygen atoms in total. The molecule has 1 aliphatic heterocycles. The first kappa shape index (κ1) is 14.7. The van der Waals surface area contributed by atoms with E-state index in [0.717, 1.165) is 5.69 Å². The molecule has 2 aromatic heterocycles. The van der Waals surface area contributed by atoms with Gasteiger partial charge in [0.05, 0.1) is 6.61 Å². The van der Waals surface area contributed by atoms with Crippen LogP contribution in [0.1, 0.15) is 22.1 Å². The number of carbonyl (C=O) groups is 1. The van der Waals surface area contributed by atoms with Crippen LogP contribution in [0.3, 0.4) is 0 Å². The van der Waals surface area contributed by atoms with Crippen molar-refractivity contribution in [1.29, 1.82) is 0 Å². The summed E-state index contributed by atoms with van der Waals surface area (Å²) < 4.78 is 5.33. The lowest BCUT2D eigenvalue weighted by Crippen LogP contribution is -2.30. The second kappa shape index (κ2) is 6.66. The van der Waals surface area contributed by atoms with Gasteiger partial charge in [-0.05, 0) is 24.3 Å². The summed E-state index contributed by atoms with van der Waals surface area (Å²) in [6.07, 6.45) is 3.44. The quantitative estimate of drug-likeness (QED) is 0.866. The van der Waals surface area contributed by atoms with E-state index in [1.165, 1.54) is 0 Å². The largest absolute Gasteiger partial charge is 0.384 e. The summed E-state index contributed by atoms with van der Waals surface area (Å²) >= 11 is 0. The summed E-state index contributed by atoms with van der Waals surface area (Å²) in [5.41, 5.74) is 1.50. The van der Waals surface area contributed by atoms with Gasteiger partial charge in [-0.1, -0.05) is 12.1 Å². The van der Waals surface area contributed by atoms with E-state index in [2.05, 4.69) is 9.97 Å². The van der Waals surface area contributed by atoms with Crippen LogP contribution >= 0.6 is 0 Å². The van der Waals surface area contributed by atoms with Crippen LogP contribution in [0.25, 0.3) is 0 Å². The minimum atomic E-state index is -0.0277.